The Bertz CT molecular complexity index is 307. The van der Waals surface area contributed by atoms with Gasteiger partial charge in [-0.05, 0) is 66.1 Å². The van der Waals surface area contributed by atoms with E-state index in [1.165, 1.54) is 0 Å². The van der Waals surface area contributed by atoms with Crippen LogP contribution < -0.4 is 0 Å². The van der Waals surface area contributed by atoms with Gasteiger partial charge in [-0.2, -0.15) is 0 Å². The van der Waals surface area contributed by atoms with E-state index in [0.717, 1.165) is 40.4 Å². The van der Waals surface area contributed by atoms with Gasteiger partial charge in [-0.15, -0.1) is 0 Å². The van der Waals surface area contributed by atoms with Gasteiger partial charge in [-0.3, -0.25) is 0 Å². The van der Waals surface area contributed by atoms with Crippen molar-refractivity contribution in [3.8, 4) is 0 Å². The van der Waals surface area contributed by atoms with Gasteiger partial charge in [-0.1, -0.05) is 42.0 Å². The van der Waals surface area contributed by atoms with E-state index in [2.05, 4.69) is 20.8 Å². The zero-order valence-corrected chi connectivity index (χ0v) is 11.7. The maximum atomic E-state index is 2.59. The minimum atomic E-state index is 0. The molecule has 0 amide bonds. The number of hydrogen-bond donors (Lipinski definition) is 0. The molecule has 4 aliphatic rings. The van der Waals surface area contributed by atoms with Gasteiger partial charge in [0.05, 0.1) is 0 Å². The normalized spacial score (nSPS) is 60.9. The first-order valence-electron chi connectivity index (χ1n) is 7.58. The quantitative estimate of drug-likeness (QED) is 0.530. The summed E-state index contributed by atoms with van der Waals surface area (Å²) in [6.07, 6.45) is 6.34. The third kappa shape index (κ3) is 1.31. The van der Waals surface area contributed by atoms with Crippen LogP contribution in [0.4, 0.5) is 0 Å². The van der Waals surface area contributed by atoms with Gasteiger partial charge in [0, 0.05) is 0 Å². The molecule has 0 aromatic heterocycles. The zero-order chi connectivity index (χ0) is 11.7. The first-order valence-corrected chi connectivity index (χ1v) is 7.58. The lowest BCUT2D eigenvalue weighted by molar-refractivity contribution is -0.176. The van der Waals surface area contributed by atoms with Gasteiger partial charge in [0.25, 0.3) is 0 Å². The van der Waals surface area contributed by atoms with Gasteiger partial charge in [0.2, 0.25) is 0 Å². The summed E-state index contributed by atoms with van der Waals surface area (Å²) >= 11 is 0. The molecule has 0 radical (unpaired) electrons. The first kappa shape index (κ1) is 13.4. The van der Waals surface area contributed by atoms with Crippen molar-refractivity contribution in [1.29, 1.82) is 0 Å². The topological polar surface area (TPSA) is 0 Å². The molecule has 2 bridgehead atoms. The summed E-state index contributed by atoms with van der Waals surface area (Å²) in [5.41, 5.74) is 1.67. The molecule has 0 nitrogen and oxygen atoms in total. The molecular formula is C17H32. The van der Waals surface area contributed by atoms with Gasteiger partial charge >= 0.3 is 0 Å². The van der Waals surface area contributed by atoms with Gasteiger partial charge in [0.1, 0.15) is 0 Å². The molecule has 4 saturated carbocycles. The van der Waals surface area contributed by atoms with Gasteiger partial charge in [0.15, 0.2) is 0 Å². The van der Waals surface area contributed by atoms with Crippen molar-refractivity contribution in [3.63, 3.8) is 0 Å². The summed E-state index contributed by atoms with van der Waals surface area (Å²) in [4.78, 5) is 0. The maximum Gasteiger partial charge on any atom is -0.0224 e. The molecule has 17 heavy (non-hydrogen) atoms. The maximum absolute atomic E-state index is 2.59. The van der Waals surface area contributed by atoms with E-state index >= 15 is 0 Å². The highest BCUT2D eigenvalue weighted by Gasteiger charge is 2.77. The molecule has 4 fully saturated rings. The SMILES string of the molecule is C.CC.CC1C2CC(C)C3(C)CC4(CC14)C3C2. The second-order valence-electron chi connectivity index (χ2n) is 7.27. The van der Waals surface area contributed by atoms with Crippen LogP contribution in [0.25, 0.3) is 0 Å². The monoisotopic (exact) mass is 236 g/mol. The fourth-order valence-corrected chi connectivity index (χ4v) is 6.05. The molecular weight excluding hydrogens is 204 g/mol. The van der Waals surface area contributed by atoms with Crippen LogP contribution in [0.15, 0.2) is 0 Å². The summed E-state index contributed by atoms with van der Waals surface area (Å²) in [6.45, 7) is 11.7. The second kappa shape index (κ2) is 3.75. The molecule has 7 atom stereocenters. The van der Waals surface area contributed by atoms with E-state index in [9.17, 15) is 0 Å². The predicted octanol–water partition coefficient (Wildman–Crippen LogP) is 5.38. The first-order chi connectivity index (χ1) is 7.58. The Morgan fingerprint density at radius 1 is 1.06 bits per heavy atom. The third-order valence-electron chi connectivity index (χ3n) is 7.08. The molecule has 7 unspecified atom stereocenters. The lowest BCUT2D eigenvalue weighted by atomic mass is 9.38. The summed E-state index contributed by atoms with van der Waals surface area (Å²) in [6, 6.07) is 0. The zero-order valence-electron chi connectivity index (χ0n) is 11.7. The fraction of sp³-hybridized carbons (Fsp3) is 1.00. The second-order valence-corrected chi connectivity index (χ2v) is 7.27. The van der Waals surface area contributed by atoms with E-state index in [4.69, 9.17) is 0 Å². The number of hydrogen-bond acceptors (Lipinski definition) is 0. The van der Waals surface area contributed by atoms with Crippen molar-refractivity contribution < 1.29 is 0 Å². The number of rotatable bonds is 0. The van der Waals surface area contributed by atoms with Crippen molar-refractivity contribution in [2.24, 2.45) is 40.4 Å². The minimum absolute atomic E-state index is 0. The Labute approximate surface area is 109 Å². The molecule has 0 aromatic carbocycles. The van der Waals surface area contributed by atoms with Crippen LogP contribution >= 0.6 is 0 Å². The largest absolute Gasteiger partial charge is 0.0776 e. The van der Waals surface area contributed by atoms with Crippen LogP contribution in [0.1, 0.15) is 67.7 Å². The summed E-state index contributed by atoms with van der Waals surface area (Å²) < 4.78 is 0. The van der Waals surface area contributed by atoms with E-state index in [-0.39, 0.29) is 7.43 Å². The average Bonchev–Trinajstić information content (AvgIpc) is 3.00. The van der Waals surface area contributed by atoms with Crippen LogP contribution in [0, 0.1) is 40.4 Å². The van der Waals surface area contributed by atoms with Crippen molar-refractivity contribution in [3.05, 3.63) is 0 Å². The molecule has 100 valence electrons. The Kier molecular flexibility index (Phi) is 2.96. The van der Waals surface area contributed by atoms with Gasteiger partial charge < -0.3 is 0 Å². The Morgan fingerprint density at radius 2 is 1.71 bits per heavy atom. The molecule has 1 spiro atoms. The van der Waals surface area contributed by atoms with Gasteiger partial charge in [-0.25, -0.2) is 0 Å². The van der Waals surface area contributed by atoms with Crippen molar-refractivity contribution in [2.75, 3.05) is 0 Å². The van der Waals surface area contributed by atoms with Crippen molar-refractivity contribution in [1.82, 2.24) is 0 Å². The standard InChI is InChI=1S/C14H22.C2H6.CH4/c1-8-4-10-5-12-13(8,3)7-14(12)6-11(14)9(10)2;1-2;/h8-12H,4-7H2,1-3H3;1-2H3;1H4. The van der Waals surface area contributed by atoms with E-state index in [1.54, 1.807) is 25.7 Å². The summed E-state index contributed by atoms with van der Waals surface area (Å²) in [5, 5.41) is 0. The molecule has 0 N–H and O–H groups in total. The van der Waals surface area contributed by atoms with Crippen molar-refractivity contribution in [2.45, 2.75) is 67.7 Å². The molecule has 4 aliphatic carbocycles. The number of fused-ring (bicyclic) bond motifs is 1. The third-order valence-corrected chi connectivity index (χ3v) is 7.08. The summed E-state index contributed by atoms with van der Waals surface area (Å²) in [7, 11) is 0. The predicted molar refractivity (Wildman–Crippen MR) is 75.9 cm³/mol. The average molecular weight is 236 g/mol. The highest BCUT2D eigenvalue weighted by atomic mass is 14.8. The van der Waals surface area contributed by atoms with Crippen molar-refractivity contribution >= 4 is 0 Å². The van der Waals surface area contributed by atoms with Crippen LogP contribution in [-0.4, -0.2) is 0 Å². The van der Waals surface area contributed by atoms with E-state index in [1.807, 2.05) is 13.8 Å². The molecule has 0 aromatic rings. The van der Waals surface area contributed by atoms with E-state index < -0.39 is 0 Å². The summed E-state index contributed by atoms with van der Waals surface area (Å²) in [5.74, 6) is 5.49. The highest BCUT2D eigenvalue weighted by molar-refractivity contribution is 5.26. The van der Waals surface area contributed by atoms with Crippen LogP contribution in [0.5, 0.6) is 0 Å². The van der Waals surface area contributed by atoms with E-state index in [0.29, 0.717) is 0 Å². The lowest BCUT2D eigenvalue weighted by Crippen LogP contribution is -2.59. The van der Waals surface area contributed by atoms with Crippen LogP contribution in [0.2, 0.25) is 0 Å². The Hall–Kier alpha value is 0. The smallest absolute Gasteiger partial charge is 0.0224 e. The Balaban J connectivity index is 0.000000344. The molecule has 4 rings (SSSR count). The Morgan fingerprint density at radius 3 is 2.35 bits per heavy atom. The molecule has 0 aliphatic heterocycles. The van der Waals surface area contributed by atoms with Crippen LogP contribution in [0.3, 0.4) is 0 Å². The molecule has 0 saturated heterocycles. The highest BCUT2D eigenvalue weighted by Crippen LogP contribution is 2.85. The lowest BCUT2D eigenvalue weighted by Gasteiger charge is -2.66. The molecule has 0 heterocycles. The minimum Gasteiger partial charge on any atom is -0.0776 e. The molecule has 0 heteroatoms. The van der Waals surface area contributed by atoms with Crippen LogP contribution in [-0.2, 0) is 0 Å². The fourth-order valence-electron chi connectivity index (χ4n) is 6.05.